The molecule has 1 aromatic rings. The minimum absolute atomic E-state index is 0.134. The van der Waals surface area contributed by atoms with Crippen molar-refractivity contribution in [2.24, 2.45) is 0 Å². The number of nitrogens with one attached hydrogen (secondary N) is 1. The molecule has 6 heteroatoms. The number of esters is 1. The molecule has 1 aromatic carbocycles. The van der Waals surface area contributed by atoms with Crippen molar-refractivity contribution < 1.29 is 23.8 Å². The van der Waals surface area contributed by atoms with E-state index < -0.39 is 17.6 Å². The van der Waals surface area contributed by atoms with Crippen LogP contribution in [0.5, 0.6) is 5.75 Å². The number of hydrogen-bond donors (Lipinski definition) is 1. The Balaban J connectivity index is 1.80. The van der Waals surface area contributed by atoms with Crippen LogP contribution in [-0.2, 0) is 20.9 Å². The lowest BCUT2D eigenvalue weighted by molar-refractivity contribution is -0.146. The van der Waals surface area contributed by atoms with Crippen molar-refractivity contribution in [1.82, 2.24) is 5.32 Å². The van der Waals surface area contributed by atoms with Crippen LogP contribution < -0.4 is 10.1 Å². The van der Waals surface area contributed by atoms with Gasteiger partial charge in [-0.1, -0.05) is 12.1 Å². The minimum atomic E-state index is -0.882. The summed E-state index contributed by atoms with van der Waals surface area (Å²) in [4.78, 5) is 23.4. The van der Waals surface area contributed by atoms with Gasteiger partial charge in [-0.15, -0.1) is 0 Å². The Labute approximate surface area is 123 Å². The maximum atomic E-state index is 11.7. The van der Waals surface area contributed by atoms with E-state index >= 15 is 0 Å². The Morgan fingerprint density at radius 3 is 2.38 bits per heavy atom. The van der Waals surface area contributed by atoms with E-state index in [9.17, 15) is 9.59 Å². The highest BCUT2D eigenvalue weighted by Gasteiger charge is 2.53. The third kappa shape index (κ3) is 3.87. The number of hydrogen-bond acceptors (Lipinski definition) is 5. The molecule has 1 amide bonds. The standard InChI is InChI=1S/C15H19NO5/c1-3-20-13(17)15(8-9-15)16-14(18)21-10-11-4-6-12(19-2)7-5-11/h4-7H,3,8-10H2,1-2H3,(H,16,18). The molecule has 1 aliphatic rings. The zero-order chi connectivity index (χ0) is 15.3. The molecule has 2 rings (SSSR count). The predicted octanol–water partition coefficient (Wildman–Crippen LogP) is 2.02. The van der Waals surface area contributed by atoms with E-state index in [-0.39, 0.29) is 6.61 Å². The van der Waals surface area contributed by atoms with Crippen molar-refractivity contribution >= 4 is 12.1 Å². The molecule has 1 aliphatic carbocycles. The van der Waals surface area contributed by atoms with E-state index in [4.69, 9.17) is 14.2 Å². The highest BCUT2D eigenvalue weighted by molar-refractivity contribution is 5.88. The second-order valence-corrected chi connectivity index (χ2v) is 4.85. The molecule has 0 bridgehead atoms. The molecule has 0 radical (unpaired) electrons. The van der Waals surface area contributed by atoms with Gasteiger partial charge in [-0.2, -0.15) is 0 Å². The van der Waals surface area contributed by atoms with Crippen LogP contribution in [0.4, 0.5) is 4.79 Å². The van der Waals surface area contributed by atoms with Gasteiger partial charge in [-0.3, -0.25) is 0 Å². The van der Waals surface area contributed by atoms with Crippen LogP contribution in [0, 0.1) is 0 Å². The maximum absolute atomic E-state index is 11.7. The van der Waals surface area contributed by atoms with Crippen LogP contribution in [-0.4, -0.2) is 31.3 Å². The normalized spacial score (nSPS) is 15.0. The summed E-state index contributed by atoms with van der Waals surface area (Å²) in [6.07, 6.45) is 0.559. The van der Waals surface area contributed by atoms with Crippen molar-refractivity contribution in [3.8, 4) is 5.75 Å². The Bertz CT molecular complexity index is 507. The van der Waals surface area contributed by atoms with Gasteiger partial charge in [0.15, 0.2) is 0 Å². The fraction of sp³-hybridized carbons (Fsp3) is 0.467. The fourth-order valence-electron chi connectivity index (χ4n) is 1.88. The Hall–Kier alpha value is -2.24. The van der Waals surface area contributed by atoms with E-state index in [0.717, 1.165) is 11.3 Å². The summed E-state index contributed by atoms with van der Waals surface area (Å²) in [7, 11) is 1.59. The molecule has 21 heavy (non-hydrogen) atoms. The Kier molecular flexibility index (Phi) is 4.67. The zero-order valence-electron chi connectivity index (χ0n) is 12.2. The first-order valence-corrected chi connectivity index (χ1v) is 6.85. The molecule has 0 aromatic heterocycles. The highest BCUT2D eigenvalue weighted by atomic mass is 16.6. The molecule has 6 nitrogen and oxygen atoms in total. The maximum Gasteiger partial charge on any atom is 0.408 e. The average molecular weight is 293 g/mol. The first-order valence-electron chi connectivity index (χ1n) is 6.85. The van der Waals surface area contributed by atoms with E-state index in [1.165, 1.54) is 0 Å². The van der Waals surface area contributed by atoms with Gasteiger partial charge in [0.2, 0.25) is 0 Å². The number of rotatable bonds is 6. The van der Waals surface area contributed by atoms with Gasteiger partial charge < -0.3 is 19.5 Å². The number of alkyl carbamates (subject to hydrolysis) is 1. The summed E-state index contributed by atoms with van der Waals surface area (Å²) in [5, 5.41) is 2.58. The number of methoxy groups -OCH3 is 1. The van der Waals surface area contributed by atoms with E-state index in [1.807, 2.05) is 12.1 Å². The summed E-state index contributed by atoms with van der Waals surface area (Å²) >= 11 is 0. The van der Waals surface area contributed by atoms with Gasteiger partial charge in [0.25, 0.3) is 0 Å². The quantitative estimate of drug-likeness (QED) is 0.812. The number of carbonyl (C=O) groups is 2. The van der Waals surface area contributed by atoms with Crippen LogP contribution in [0.3, 0.4) is 0 Å². The van der Waals surface area contributed by atoms with Crippen LogP contribution in [0.1, 0.15) is 25.3 Å². The lowest BCUT2D eigenvalue weighted by Crippen LogP contribution is -2.44. The fourth-order valence-corrected chi connectivity index (χ4v) is 1.88. The van der Waals surface area contributed by atoms with Crippen LogP contribution in [0.15, 0.2) is 24.3 Å². The molecule has 0 spiro atoms. The highest BCUT2D eigenvalue weighted by Crippen LogP contribution is 2.36. The average Bonchev–Trinajstić information content (AvgIpc) is 3.27. The molecule has 114 valence electrons. The van der Waals surface area contributed by atoms with Crippen LogP contribution >= 0.6 is 0 Å². The van der Waals surface area contributed by atoms with Gasteiger partial charge >= 0.3 is 12.1 Å². The number of benzene rings is 1. The zero-order valence-corrected chi connectivity index (χ0v) is 12.2. The second-order valence-electron chi connectivity index (χ2n) is 4.85. The molecule has 0 unspecified atom stereocenters. The largest absolute Gasteiger partial charge is 0.497 e. The van der Waals surface area contributed by atoms with Crippen molar-refractivity contribution in [2.75, 3.05) is 13.7 Å². The minimum Gasteiger partial charge on any atom is -0.497 e. The number of ether oxygens (including phenoxy) is 3. The molecule has 0 atom stereocenters. The van der Waals surface area contributed by atoms with Crippen molar-refractivity contribution in [2.45, 2.75) is 31.9 Å². The van der Waals surface area contributed by atoms with E-state index in [1.54, 1.807) is 26.2 Å². The van der Waals surface area contributed by atoms with Crippen LogP contribution in [0.25, 0.3) is 0 Å². The summed E-state index contributed by atoms with van der Waals surface area (Å²) < 4.78 is 15.1. The number of carbonyl (C=O) groups excluding carboxylic acids is 2. The topological polar surface area (TPSA) is 73.9 Å². The Morgan fingerprint density at radius 1 is 1.19 bits per heavy atom. The van der Waals surface area contributed by atoms with Gasteiger partial charge in [0.05, 0.1) is 13.7 Å². The van der Waals surface area contributed by atoms with Crippen molar-refractivity contribution in [3.63, 3.8) is 0 Å². The first-order chi connectivity index (χ1) is 10.1. The summed E-state index contributed by atoms with van der Waals surface area (Å²) in [5.41, 5.74) is -0.0422. The van der Waals surface area contributed by atoms with E-state index in [0.29, 0.717) is 19.4 Å². The molecule has 0 saturated heterocycles. The molecule has 0 aliphatic heterocycles. The SMILES string of the molecule is CCOC(=O)C1(NC(=O)OCc2ccc(OC)cc2)CC1. The molecular weight excluding hydrogens is 274 g/mol. The monoisotopic (exact) mass is 293 g/mol. The van der Waals surface area contributed by atoms with Gasteiger partial charge in [-0.05, 0) is 37.5 Å². The molecule has 1 N–H and O–H groups in total. The second kappa shape index (κ2) is 6.47. The van der Waals surface area contributed by atoms with Gasteiger partial charge in [0, 0.05) is 0 Å². The summed E-state index contributed by atoms with van der Waals surface area (Å²) in [5.74, 6) is 0.342. The molecular formula is C15H19NO5. The lowest BCUT2D eigenvalue weighted by Gasteiger charge is -2.15. The first kappa shape index (κ1) is 15.2. The van der Waals surface area contributed by atoms with Crippen molar-refractivity contribution in [1.29, 1.82) is 0 Å². The summed E-state index contributed by atoms with van der Waals surface area (Å²) in [6, 6.07) is 7.20. The van der Waals surface area contributed by atoms with Gasteiger partial charge in [-0.25, -0.2) is 9.59 Å². The Morgan fingerprint density at radius 2 is 1.86 bits per heavy atom. The van der Waals surface area contributed by atoms with Gasteiger partial charge in [0.1, 0.15) is 17.9 Å². The van der Waals surface area contributed by atoms with Crippen molar-refractivity contribution in [3.05, 3.63) is 29.8 Å². The summed E-state index contributed by atoms with van der Waals surface area (Å²) in [6.45, 7) is 2.16. The molecule has 1 saturated carbocycles. The predicted molar refractivity (Wildman–Crippen MR) is 74.9 cm³/mol. The molecule has 1 fully saturated rings. The lowest BCUT2D eigenvalue weighted by atomic mass is 10.2. The number of amides is 1. The third-order valence-electron chi connectivity index (χ3n) is 3.29. The third-order valence-corrected chi connectivity index (χ3v) is 3.29. The van der Waals surface area contributed by atoms with Crippen LogP contribution in [0.2, 0.25) is 0 Å². The smallest absolute Gasteiger partial charge is 0.408 e. The molecule has 0 heterocycles. The van der Waals surface area contributed by atoms with E-state index in [2.05, 4.69) is 5.32 Å².